The van der Waals surface area contributed by atoms with Gasteiger partial charge in [0.15, 0.2) is 0 Å². The number of carboxylic acid groups (broad SMARTS) is 1. The molecule has 0 bridgehead atoms. The zero-order valence-electron chi connectivity index (χ0n) is 12.8. The minimum Gasteiger partial charge on any atom is -0.497 e. The Balaban J connectivity index is 2.95. The predicted molar refractivity (Wildman–Crippen MR) is 76.4 cm³/mol. The van der Waals surface area contributed by atoms with E-state index in [-0.39, 0.29) is 12.3 Å². The summed E-state index contributed by atoms with van der Waals surface area (Å²) in [6, 6.07) is 2.29. The van der Waals surface area contributed by atoms with E-state index in [1.54, 1.807) is 0 Å². The van der Waals surface area contributed by atoms with Crippen LogP contribution < -0.4 is 10.1 Å². The highest BCUT2D eigenvalue weighted by atomic mass is 19.4. The third kappa shape index (κ3) is 5.04. The van der Waals surface area contributed by atoms with E-state index in [4.69, 9.17) is 9.84 Å². The molecule has 1 aromatic rings. The van der Waals surface area contributed by atoms with Crippen LogP contribution in [0.4, 0.5) is 23.7 Å². The summed E-state index contributed by atoms with van der Waals surface area (Å²) in [5.74, 6) is -1.95. The topological polar surface area (TPSA) is 78.9 Å². The first-order valence-corrected chi connectivity index (χ1v) is 6.56. The van der Waals surface area contributed by atoms with E-state index < -0.39 is 35.3 Å². The first-order chi connectivity index (χ1) is 10.6. The van der Waals surface area contributed by atoms with Crippen molar-refractivity contribution in [3.63, 3.8) is 0 Å². The average molecular weight is 334 g/mol. The molecule has 0 spiro atoms. The van der Waals surface area contributed by atoms with E-state index in [1.165, 1.54) is 27.1 Å². The molecular weight excluding hydrogens is 317 g/mol. The lowest BCUT2D eigenvalue weighted by Gasteiger charge is -2.21. The summed E-state index contributed by atoms with van der Waals surface area (Å²) in [6.07, 6.45) is -4.68. The highest BCUT2D eigenvalue weighted by molar-refractivity contribution is 5.90. The zero-order valence-corrected chi connectivity index (χ0v) is 12.8. The van der Waals surface area contributed by atoms with Crippen molar-refractivity contribution in [1.29, 1.82) is 0 Å². The Bertz CT molecular complexity index is 590. The maximum atomic E-state index is 13.0. The lowest BCUT2D eigenvalue weighted by Crippen LogP contribution is -2.37. The normalized spacial score (nSPS) is 12.4. The number of nitrogens with zero attached hydrogens (tertiary/aromatic N) is 1. The molecule has 0 aromatic heterocycles. The SMILES string of the molecule is COc1ccc(NC(=O)N(C)CC(C)C(=O)O)c(C(F)(F)F)c1. The number of methoxy groups -OCH3 is 1. The van der Waals surface area contributed by atoms with Gasteiger partial charge in [0.1, 0.15) is 5.75 Å². The van der Waals surface area contributed by atoms with Crippen LogP contribution in [0.1, 0.15) is 12.5 Å². The number of benzene rings is 1. The van der Waals surface area contributed by atoms with Crippen LogP contribution >= 0.6 is 0 Å². The van der Waals surface area contributed by atoms with E-state index in [0.29, 0.717) is 0 Å². The molecule has 0 heterocycles. The van der Waals surface area contributed by atoms with E-state index in [0.717, 1.165) is 17.0 Å². The molecule has 1 aromatic carbocycles. The third-order valence-corrected chi connectivity index (χ3v) is 3.09. The van der Waals surface area contributed by atoms with Crippen molar-refractivity contribution in [3.8, 4) is 5.75 Å². The summed E-state index contributed by atoms with van der Waals surface area (Å²) in [6.45, 7) is 1.25. The van der Waals surface area contributed by atoms with Gasteiger partial charge in [-0.15, -0.1) is 0 Å². The molecule has 2 N–H and O–H groups in total. The summed E-state index contributed by atoms with van der Waals surface area (Å²) >= 11 is 0. The second-order valence-electron chi connectivity index (χ2n) is 4.96. The highest BCUT2D eigenvalue weighted by Gasteiger charge is 2.34. The van der Waals surface area contributed by atoms with E-state index in [9.17, 15) is 22.8 Å². The van der Waals surface area contributed by atoms with Crippen molar-refractivity contribution < 1.29 is 32.6 Å². The lowest BCUT2D eigenvalue weighted by atomic mass is 10.1. The Morgan fingerprint density at radius 1 is 1.39 bits per heavy atom. The van der Waals surface area contributed by atoms with Gasteiger partial charge in [-0.3, -0.25) is 4.79 Å². The minimum absolute atomic E-state index is 0.00294. The maximum absolute atomic E-state index is 13.0. The van der Waals surface area contributed by atoms with Crippen molar-refractivity contribution >= 4 is 17.7 Å². The Hall–Kier alpha value is -2.45. The van der Waals surface area contributed by atoms with Gasteiger partial charge in [0.25, 0.3) is 0 Å². The maximum Gasteiger partial charge on any atom is 0.418 e. The van der Waals surface area contributed by atoms with E-state index in [1.807, 2.05) is 0 Å². The number of nitrogens with one attached hydrogen (secondary N) is 1. The number of ether oxygens (including phenoxy) is 1. The van der Waals surface area contributed by atoms with Crippen LogP contribution in [0.25, 0.3) is 0 Å². The molecule has 1 unspecified atom stereocenters. The molecule has 1 rings (SSSR count). The zero-order chi connectivity index (χ0) is 17.8. The fourth-order valence-corrected chi connectivity index (χ4v) is 1.78. The van der Waals surface area contributed by atoms with Gasteiger partial charge in [0.2, 0.25) is 0 Å². The smallest absolute Gasteiger partial charge is 0.418 e. The monoisotopic (exact) mass is 334 g/mol. The Kier molecular flexibility index (Phi) is 5.83. The van der Waals surface area contributed by atoms with Gasteiger partial charge in [0, 0.05) is 13.6 Å². The first kappa shape index (κ1) is 18.6. The molecule has 0 saturated carbocycles. The van der Waals surface area contributed by atoms with Gasteiger partial charge in [-0.05, 0) is 18.2 Å². The molecule has 0 saturated heterocycles. The Labute approximate surface area is 130 Å². The largest absolute Gasteiger partial charge is 0.497 e. The fraction of sp³-hybridized carbons (Fsp3) is 0.429. The van der Waals surface area contributed by atoms with Crippen LogP contribution in [0.2, 0.25) is 0 Å². The number of hydrogen-bond acceptors (Lipinski definition) is 3. The standard InChI is InChI=1S/C14H17F3N2O4/c1-8(12(20)21)7-19(2)13(22)18-11-5-4-9(23-3)6-10(11)14(15,16)17/h4-6,8H,7H2,1-3H3,(H,18,22)(H,20,21). The fourth-order valence-electron chi connectivity index (χ4n) is 1.78. The van der Waals surface area contributed by atoms with Crippen molar-refractivity contribution in [2.75, 3.05) is 26.0 Å². The number of hydrogen-bond donors (Lipinski definition) is 2. The molecule has 9 heteroatoms. The Morgan fingerprint density at radius 2 is 2.00 bits per heavy atom. The van der Waals surface area contributed by atoms with Crippen molar-refractivity contribution in [3.05, 3.63) is 23.8 Å². The van der Waals surface area contributed by atoms with Crippen LogP contribution in [-0.4, -0.2) is 42.7 Å². The van der Waals surface area contributed by atoms with Gasteiger partial charge >= 0.3 is 18.2 Å². The third-order valence-electron chi connectivity index (χ3n) is 3.09. The van der Waals surface area contributed by atoms with Gasteiger partial charge in [0.05, 0.1) is 24.3 Å². The van der Waals surface area contributed by atoms with Crippen molar-refractivity contribution in [2.24, 2.45) is 5.92 Å². The number of urea groups is 1. The Morgan fingerprint density at radius 3 is 2.48 bits per heavy atom. The number of carbonyl (C=O) groups excluding carboxylic acids is 1. The number of amides is 2. The number of alkyl halides is 3. The molecule has 0 fully saturated rings. The van der Waals surface area contributed by atoms with Crippen molar-refractivity contribution in [1.82, 2.24) is 4.90 Å². The van der Waals surface area contributed by atoms with E-state index >= 15 is 0 Å². The van der Waals surface area contributed by atoms with E-state index in [2.05, 4.69) is 5.32 Å². The van der Waals surface area contributed by atoms with Crippen LogP contribution in [-0.2, 0) is 11.0 Å². The van der Waals surface area contributed by atoms with Gasteiger partial charge in [-0.2, -0.15) is 13.2 Å². The predicted octanol–water partition coefficient (Wildman–Crippen LogP) is 2.90. The number of halogens is 3. The van der Waals surface area contributed by atoms with Crippen molar-refractivity contribution in [2.45, 2.75) is 13.1 Å². The molecule has 23 heavy (non-hydrogen) atoms. The second kappa shape index (κ2) is 7.21. The summed E-state index contributed by atoms with van der Waals surface area (Å²) in [4.78, 5) is 23.7. The molecule has 0 aliphatic heterocycles. The van der Waals surface area contributed by atoms with Crippen LogP contribution in [0.5, 0.6) is 5.75 Å². The van der Waals surface area contributed by atoms with Crippen LogP contribution in [0, 0.1) is 5.92 Å². The highest BCUT2D eigenvalue weighted by Crippen LogP contribution is 2.37. The van der Waals surface area contributed by atoms with Crippen LogP contribution in [0.3, 0.4) is 0 Å². The molecule has 0 radical (unpaired) electrons. The van der Waals surface area contributed by atoms with Gasteiger partial charge < -0.3 is 20.1 Å². The van der Waals surface area contributed by atoms with Gasteiger partial charge in [-0.25, -0.2) is 4.79 Å². The number of rotatable bonds is 5. The summed E-state index contributed by atoms with van der Waals surface area (Å²) in [7, 11) is 2.53. The number of aliphatic carboxylic acids is 1. The second-order valence-corrected chi connectivity index (χ2v) is 4.96. The number of anilines is 1. The molecular formula is C14H17F3N2O4. The molecule has 0 aliphatic rings. The summed E-state index contributed by atoms with van der Waals surface area (Å²) < 4.78 is 43.9. The lowest BCUT2D eigenvalue weighted by molar-refractivity contribution is -0.141. The first-order valence-electron chi connectivity index (χ1n) is 6.56. The number of carboxylic acids is 1. The molecule has 1 atom stereocenters. The minimum atomic E-state index is -4.68. The molecule has 0 aliphatic carbocycles. The van der Waals surface area contributed by atoms with Gasteiger partial charge in [-0.1, -0.05) is 6.92 Å². The summed E-state index contributed by atoms with van der Waals surface area (Å²) in [5.41, 5.74) is -1.48. The molecule has 6 nitrogen and oxygen atoms in total. The molecule has 2 amide bonds. The summed E-state index contributed by atoms with van der Waals surface area (Å²) in [5, 5.41) is 10.9. The number of carbonyl (C=O) groups is 2. The quantitative estimate of drug-likeness (QED) is 0.868. The molecule has 128 valence electrons. The van der Waals surface area contributed by atoms with Crippen LogP contribution in [0.15, 0.2) is 18.2 Å². The average Bonchev–Trinajstić information content (AvgIpc) is 2.46.